The first-order chi connectivity index (χ1) is 7.25. The quantitative estimate of drug-likeness (QED) is 0.379. The van der Waals surface area contributed by atoms with Crippen molar-refractivity contribution in [3.63, 3.8) is 0 Å². The van der Waals surface area contributed by atoms with E-state index in [1.165, 1.54) is 0 Å². The monoisotopic (exact) mass is 262 g/mol. The molecule has 0 radical (unpaired) electrons. The smallest absolute Gasteiger partial charge is 0.361 e. The van der Waals surface area contributed by atoms with Crippen LogP contribution in [0.4, 0.5) is 4.53 Å². The van der Waals surface area contributed by atoms with Crippen molar-refractivity contribution >= 4 is 10.1 Å². The molecule has 16 heavy (non-hydrogen) atoms. The van der Waals surface area contributed by atoms with Gasteiger partial charge in [0.25, 0.3) is 10.1 Å². The van der Waals surface area contributed by atoms with Crippen LogP contribution in [0.1, 0.15) is 0 Å². The van der Waals surface area contributed by atoms with Gasteiger partial charge in [0, 0.05) is 0 Å². The van der Waals surface area contributed by atoms with Crippen LogP contribution in [-0.4, -0.2) is 60.9 Å². The van der Waals surface area contributed by atoms with Crippen molar-refractivity contribution in [2.45, 2.75) is 24.3 Å². The number of ether oxygens (including phenoxy) is 1. The third-order valence-corrected chi connectivity index (χ3v) is 2.47. The molecule has 0 aromatic rings. The summed E-state index contributed by atoms with van der Waals surface area (Å²) in [5, 5.41) is 27.3. The second-order valence-electron chi connectivity index (χ2n) is 3.24. The van der Waals surface area contributed by atoms with E-state index in [0.717, 1.165) is 0 Å². The van der Waals surface area contributed by atoms with Gasteiger partial charge in [-0.1, -0.05) is 0 Å². The number of halogens is 1. The molecule has 0 aromatic heterocycles. The Morgan fingerprint density at radius 1 is 1.50 bits per heavy atom. The van der Waals surface area contributed by atoms with Crippen LogP contribution in [0.15, 0.2) is 0 Å². The van der Waals surface area contributed by atoms with Crippen molar-refractivity contribution in [3.8, 4) is 0 Å². The third kappa shape index (κ3) is 2.48. The predicted octanol–water partition coefficient (Wildman–Crippen LogP) is -2.37. The van der Waals surface area contributed by atoms with Crippen molar-refractivity contribution in [2.75, 3.05) is 12.9 Å². The normalized spacial score (nSPS) is 40.2. The van der Waals surface area contributed by atoms with E-state index in [0.29, 0.717) is 6.26 Å². The molecule has 1 rings (SSSR count). The predicted molar refractivity (Wildman–Crippen MR) is 44.8 cm³/mol. The molecule has 4 atom stereocenters. The summed E-state index contributed by atoms with van der Waals surface area (Å²) in [5.74, 6) is -2.99. The molecule has 1 fully saturated rings. The molecule has 8 nitrogen and oxygen atoms in total. The summed E-state index contributed by atoms with van der Waals surface area (Å²) in [6, 6.07) is 0. The van der Waals surface area contributed by atoms with E-state index in [-0.39, 0.29) is 0 Å². The second-order valence-corrected chi connectivity index (χ2v) is 4.82. The molecule has 1 heterocycles. The summed E-state index contributed by atoms with van der Waals surface area (Å²) in [4.78, 5) is 3.14. The van der Waals surface area contributed by atoms with Gasteiger partial charge in [0.15, 0.2) is 6.10 Å². The molecule has 0 spiro atoms. The summed E-state index contributed by atoms with van der Waals surface area (Å²) < 4.78 is 42.4. The minimum absolute atomic E-state index is 0.572. The van der Waals surface area contributed by atoms with Crippen LogP contribution in [0, 0.1) is 0 Å². The average molecular weight is 262 g/mol. The third-order valence-electron chi connectivity index (χ3n) is 1.94. The van der Waals surface area contributed by atoms with Crippen molar-refractivity contribution in [2.24, 2.45) is 0 Å². The van der Waals surface area contributed by atoms with Crippen molar-refractivity contribution in [1.29, 1.82) is 0 Å². The zero-order valence-electron chi connectivity index (χ0n) is 8.11. The molecule has 0 aliphatic carbocycles. The highest BCUT2D eigenvalue weighted by atomic mass is 32.2. The van der Waals surface area contributed by atoms with E-state index in [1.807, 2.05) is 0 Å². The fourth-order valence-electron chi connectivity index (χ4n) is 1.26. The largest absolute Gasteiger partial charge is 0.394 e. The fraction of sp³-hybridized carbons (Fsp3) is 1.00. The van der Waals surface area contributed by atoms with Crippen molar-refractivity contribution < 1.29 is 42.1 Å². The van der Waals surface area contributed by atoms with Gasteiger partial charge in [-0.3, -0.25) is 0 Å². The Balaban J connectivity index is 2.97. The number of hydrogen-bond acceptors (Lipinski definition) is 8. The summed E-state index contributed by atoms with van der Waals surface area (Å²) in [7, 11) is -4.21. The maximum absolute atomic E-state index is 12.2. The van der Waals surface area contributed by atoms with Gasteiger partial charge in [0.05, 0.1) is 12.9 Å². The Hall–Kier alpha value is -0.360. The highest BCUT2D eigenvalue weighted by molar-refractivity contribution is 7.86. The molecule has 1 aliphatic rings. The molecular formula is C6H11FO8S. The molecule has 10 heteroatoms. The Morgan fingerprint density at radius 2 is 2.06 bits per heavy atom. The Morgan fingerprint density at radius 3 is 2.38 bits per heavy atom. The number of rotatable bonds is 4. The molecule has 96 valence electrons. The lowest BCUT2D eigenvalue weighted by atomic mass is 10.1. The van der Waals surface area contributed by atoms with Crippen LogP contribution in [0.2, 0.25) is 0 Å². The summed E-state index contributed by atoms with van der Waals surface area (Å²) in [6.45, 7) is -0.781. The SMILES string of the molecule is CS(=O)(=O)OC1(OF)O[C@H](CO)[C@@H](O)[C@H]1O. The highest BCUT2D eigenvalue weighted by Gasteiger charge is 2.60. The minimum atomic E-state index is -4.21. The average Bonchev–Trinajstić information content (AvgIpc) is 2.41. The van der Waals surface area contributed by atoms with Gasteiger partial charge in [-0.2, -0.15) is 8.42 Å². The van der Waals surface area contributed by atoms with Crippen LogP contribution >= 0.6 is 0 Å². The highest BCUT2D eigenvalue weighted by Crippen LogP contribution is 2.34. The minimum Gasteiger partial charge on any atom is -0.394 e. The molecule has 1 unspecified atom stereocenters. The first-order valence-electron chi connectivity index (χ1n) is 4.11. The number of hydrogen-bond donors (Lipinski definition) is 3. The molecule has 1 saturated heterocycles. The van der Waals surface area contributed by atoms with E-state index in [4.69, 9.17) is 5.11 Å². The molecule has 0 bridgehead atoms. The fourth-order valence-corrected chi connectivity index (χ4v) is 1.85. The van der Waals surface area contributed by atoms with E-state index < -0.39 is 41.0 Å². The van der Waals surface area contributed by atoms with Crippen molar-refractivity contribution in [3.05, 3.63) is 0 Å². The van der Waals surface area contributed by atoms with E-state index in [2.05, 4.69) is 13.9 Å². The molecule has 0 amide bonds. The number of aliphatic hydroxyl groups excluding tert-OH is 3. The summed E-state index contributed by atoms with van der Waals surface area (Å²) >= 11 is 0. The second kappa shape index (κ2) is 4.49. The molecular weight excluding hydrogens is 251 g/mol. The molecule has 0 aromatic carbocycles. The maximum Gasteiger partial charge on any atom is 0.361 e. The zero-order chi connectivity index (χ0) is 12.6. The van der Waals surface area contributed by atoms with Crippen LogP contribution < -0.4 is 0 Å². The van der Waals surface area contributed by atoms with Gasteiger partial charge in [-0.25, -0.2) is 4.18 Å². The van der Waals surface area contributed by atoms with Crippen molar-refractivity contribution in [1.82, 2.24) is 0 Å². The van der Waals surface area contributed by atoms with E-state index in [1.54, 1.807) is 0 Å². The van der Waals surface area contributed by atoms with Crippen LogP contribution in [0.5, 0.6) is 0 Å². The standard InChI is InChI=1S/C6H11FO8S/c1-16(11,12)15-6(14-7)5(10)4(9)3(2-8)13-6/h3-5,8-10H,2H2,1H3/t3-,4-,5-,6?/m1/s1. The Labute approximate surface area is 90.2 Å². The lowest BCUT2D eigenvalue weighted by molar-refractivity contribution is -0.435. The van der Waals surface area contributed by atoms with Gasteiger partial charge in [-0.15, -0.1) is 4.94 Å². The van der Waals surface area contributed by atoms with Crippen LogP contribution in [-0.2, 0) is 24.0 Å². The molecule has 0 saturated carbocycles. The van der Waals surface area contributed by atoms with Gasteiger partial charge in [0.2, 0.25) is 0 Å². The first kappa shape index (κ1) is 13.7. The van der Waals surface area contributed by atoms with Crippen LogP contribution in [0.3, 0.4) is 0 Å². The van der Waals surface area contributed by atoms with E-state index >= 15 is 0 Å². The van der Waals surface area contributed by atoms with Gasteiger partial charge in [0.1, 0.15) is 12.2 Å². The lowest BCUT2D eigenvalue weighted by Crippen LogP contribution is -2.47. The van der Waals surface area contributed by atoms with Gasteiger partial charge < -0.3 is 20.1 Å². The lowest BCUT2D eigenvalue weighted by Gasteiger charge is -2.24. The summed E-state index contributed by atoms with van der Waals surface area (Å²) in [5.41, 5.74) is 0. The molecule has 3 N–H and O–H groups in total. The summed E-state index contributed by atoms with van der Waals surface area (Å²) in [6.07, 6.45) is -4.72. The molecule has 1 aliphatic heterocycles. The number of aliphatic hydroxyl groups is 3. The van der Waals surface area contributed by atoms with E-state index in [9.17, 15) is 23.2 Å². The maximum atomic E-state index is 12.2. The topological polar surface area (TPSA) is 123 Å². The Bertz CT molecular complexity index is 344. The van der Waals surface area contributed by atoms with Crippen LogP contribution in [0.25, 0.3) is 0 Å². The Kier molecular flexibility index (Phi) is 3.84. The first-order valence-corrected chi connectivity index (χ1v) is 5.92. The van der Waals surface area contributed by atoms with Gasteiger partial charge in [-0.05, 0) is 4.53 Å². The van der Waals surface area contributed by atoms with Gasteiger partial charge >= 0.3 is 5.97 Å². The zero-order valence-corrected chi connectivity index (χ0v) is 8.92.